The molecular weight excluding hydrogens is 224 g/mol. The summed E-state index contributed by atoms with van der Waals surface area (Å²) in [6.07, 6.45) is 6.44. The fraction of sp³-hybridized carbons (Fsp3) is 0. The molecule has 1 heterocycles. The largest absolute Gasteiger partial charge is 0.193 e. The van der Waals surface area contributed by atoms with Crippen LogP contribution in [0.2, 0.25) is 0 Å². The fourth-order valence-corrected chi connectivity index (χ4v) is 3.11. The van der Waals surface area contributed by atoms with Crippen molar-refractivity contribution in [2.45, 2.75) is 0 Å². The number of hydrogen-bond acceptors (Lipinski definition) is 0. The van der Waals surface area contributed by atoms with Gasteiger partial charge in [0.25, 0.3) is 0 Å². The lowest BCUT2D eigenvalue weighted by Crippen LogP contribution is -1.75. The third-order valence-corrected chi connectivity index (χ3v) is 4.30. The van der Waals surface area contributed by atoms with Crippen molar-refractivity contribution in [1.82, 2.24) is 0 Å². The quantitative estimate of drug-likeness (QED) is 0.722. The maximum atomic E-state index is 3.10. The van der Waals surface area contributed by atoms with Gasteiger partial charge < -0.3 is 0 Å². The molecule has 1 heteroatoms. The smallest absolute Gasteiger partial charge is 0.0177 e. The zero-order valence-corrected chi connectivity index (χ0v) is 10.3. The maximum Gasteiger partial charge on any atom is -0.0177 e. The van der Waals surface area contributed by atoms with Gasteiger partial charge in [-0.3, -0.25) is 0 Å². The van der Waals surface area contributed by atoms with Gasteiger partial charge in [0.2, 0.25) is 0 Å². The summed E-state index contributed by atoms with van der Waals surface area (Å²) in [4.78, 5) is 0. The Morgan fingerprint density at radius 2 is 1.88 bits per heavy atom. The minimum atomic E-state index is -0.160. The van der Waals surface area contributed by atoms with Crippen molar-refractivity contribution in [1.29, 1.82) is 0 Å². The van der Waals surface area contributed by atoms with E-state index in [0.29, 0.717) is 0 Å². The molecule has 17 heavy (non-hydrogen) atoms. The fourth-order valence-electron chi connectivity index (χ4n) is 1.87. The van der Waals surface area contributed by atoms with E-state index in [9.17, 15) is 0 Å². The van der Waals surface area contributed by atoms with Crippen molar-refractivity contribution in [2.24, 2.45) is 0 Å². The average Bonchev–Trinajstić information content (AvgIpc) is 2.89. The normalized spacial score (nSPS) is 16.4. The minimum absolute atomic E-state index is 0.160. The average molecular weight is 237 g/mol. The highest BCUT2D eigenvalue weighted by Crippen LogP contribution is 2.34. The summed E-state index contributed by atoms with van der Waals surface area (Å²) >= 11 is 0. The molecule has 3 rings (SSSR count). The van der Waals surface area contributed by atoms with Gasteiger partial charge in [-0.15, -0.1) is 0 Å². The molecule has 0 amide bonds. The molecule has 2 aromatic carbocycles. The Balaban J connectivity index is 1.90. The molecule has 0 aromatic heterocycles. The van der Waals surface area contributed by atoms with E-state index in [1.165, 1.54) is 16.3 Å². The van der Waals surface area contributed by atoms with E-state index >= 15 is 0 Å². The van der Waals surface area contributed by atoms with Gasteiger partial charge in [-0.25, -0.2) is 0 Å². The predicted molar refractivity (Wildman–Crippen MR) is 79.1 cm³/mol. The highest BCUT2D eigenvalue weighted by Gasteiger charge is 1.95. The standard InChI is InChI=1S/C16H13S/c1-2-6-16-13-14(7-8-15(16)5-1)9-12-17-10-3-4-11-17/h2-13,17H/b12-9+. The highest BCUT2D eigenvalue weighted by molar-refractivity contribution is 8.24. The number of rotatable bonds is 2. The lowest BCUT2D eigenvalue weighted by molar-refractivity contribution is 1.70. The van der Waals surface area contributed by atoms with Crippen LogP contribution in [0.1, 0.15) is 5.56 Å². The minimum Gasteiger partial charge on any atom is -0.193 e. The molecule has 0 nitrogen and oxygen atoms in total. The van der Waals surface area contributed by atoms with Crippen LogP contribution >= 0.6 is 10.9 Å². The van der Waals surface area contributed by atoms with Crippen molar-refractivity contribution in [2.75, 3.05) is 0 Å². The second kappa shape index (κ2) is 4.64. The predicted octanol–water partition coefficient (Wildman–Crippen LogP) is 4.65. The summed E-state index contributed by atoms with van der Waals surface area (Å²) in [5.74, 6) is 0. The molecule has 0 saturated heterocycles. The first-order valence-corrected chi connectivity index (χ1v) is 7.17. The van der Waals surface area contributed by atoms with Gasteiger partial charge in [-0.05, 0) is 56.8 Å². The number of fused-ring (bicyclic) bond motifs is 1. The second-order valence-corrected chi connectivity index (χ2v) is 5.77. The third-order valence-electron chi connectivity index (χ3n) is 2.78. The molecular formula is C16H13S. The Morgan fingerprint density at radius 3 is 2.76 bits per heavy atom. The van der Waals surface area contributed by atoms with Crippen molar-refractivity contribution < 1.29 is 0 Å². The summed E-state index contributed by atoms with van der Waals surface area (Å²) < 4.78 is 0. The van der Waals surface area contributed by atoms with E-state index in [2.05, 4.69) is 64.8 Å². The van der Waals surface area contributed by atoms with E-state index in [4.69, 9.17) is 0 Å². The van der Waals surface area contributed by atoms with Crippen molar-refractivity contribution >= 4 is 27.7 Å². The van der Waals surface area contributed by atoms with Crippen molar-refractivity contribution in [3.8, 4) is 0 Å². The van der Waals surface area contributed by atoms with Gasteiger partial charge in [0, 0.05) is 0 Å². The molecule has 0 spiro atoms. The van der Waals surface area contributed by atoms with E-state index in [-0.39, 0.29) is 10.9 Å². The molecule has 1 aliphatic heterocycles. The van der Waals surface area contributed by atoms with Crippen LogP contribution in [0.4, 0.5) is 0 Å². The van der Waals surface area contributed by atoms with Crippen LogP contribution in [0.25, 0.3) is 16.8 Å². The lowest BCUT2D eigenvalue weighted by atomic mass is 10.1. The molecule has 0 fully saturated rings. The molecule has 0 unspecified atom stereocenters. The van der Waals surface area contributed by atoms with Crippen LogP contribution in [-0.2, 0) is 0 Å². The van der Waals surface area contributed by atoms with Crippen LogP contribution in [0.3, 0.4) is 0 Å². The Labute approximate surface area is 104 Å². The maximum absolute atomic E-state index is 3.10. The van der Waals surface area contributed by atoms with Crippen molar-refractivity contribution in [3.05, 3.63) is 76.4 Å². The first-order valence-electron chi connectivity index (χ1n) is 5.62. The SMILES string of the molecule is [c]1ccc2cc(/C=C/[SH]3C=CC=C3)ccc2c1. The molecule has 2 aromatic rings. The van der Waals surface area contributed by atoms with E-state index < -0.39 is 0 Å². The summed E-state index contributed by atoms with van der Waals surface area (Å²) in [6, 6.07) is 15.7. The zero-order chi connectivity index (χ0) is 11.5. The van der Waals surface area contributed by atoms with Crippen molar-refractivity contribution in [3.63, 3.8) is 0 Å². The zero-order valence-electron chi connectivity index (χ0n) is 9.38. The molecule has 1 aliphatic rings. The van der Waals surface area contributed by atoms with Gasteiger partial charge in [-0.2, -0.15) is 10.9 Å². The first-order chi connectivity index (χ1) is 8.42. The Kier molecular flexibility index (Phi) is 2.85. The van der Waals surface area contributed by atoms with Crippen LogP contribution in [-0.4, -0.2) is 0 Å². The molecule has 0 N–H and O–H groups in total. The molecule has 0 atom stereocenters. The summed E-state index contributed by atoms with van der Waals surface area (Å²) in [5.41, 5.74) is 1.26. The monoisotopic (exact) mass is 237 g/mol. The van der Waals surface area contributed by atoms with Gasteiger partial charge in [-0.1, -0.05) is 36.4 Å². The second-order valence-electron chi connectivity index (χ2n) is 3.98. The van der Waals surface area contributed by atoms with Crippen LogP contribution in [0.5, 0.6) is 0 Å². The molecule has 83 valence electrons. The summed E-state index contributed by atoms with van der Waals surface area (Å²) in [5, 5.41) is 9.31. The summed E-state index contributed by atoms with van der Waals surface area (Å²) in [7, 11) is -0.160. The van der Waals surface area contributed by atoms with E-state index in [1.54, 1.807) is 0 Å². The Hall–Kier alpha value is -1.73. The Morgan fingerprint density at radius 1 is 1.00 bits per heavy atom. The molecule has 1 radical (unpaired) electrons. The molecule has 0 aliphatic carbocycles. The summed E-state index contributed by atoms with van der Waals surface area (Å²) in [6.45, 7) is 0. The molecule has 0 saturated carbocycles. The van der Waals surface area contributed by atoms with E-state index in [0.717, 1.165) is 0 Å². The number of hydrogen-bond donors (Lipinski definition) is 1. The van der Waals surface area contributed by atoms with Crippen LogP contribution < -0.4 is 0 Å². The number of benzene rings is 2. The third kappa shape index (κ3) is 2.34. The van der Waals surface area contributed by atoms with Gasteiger partial charge in [0.05, 0.1) is 0 Å². The highest BCUT2D eigenvalue weighted by atomic mass is 32.2. The number of thiol groups is 1. The van der Waals surface area contributed by atoms with Gasteiger partial charge >= 0.3 is 0 Å². The van der Waals surface area contributed by atoms with Gasteiger partial charge in [0.1, 0.15) is 0 Å². The van der Waals surface area contributed by atoms with Crippen LogP contribution in [0, 0.1) is 6.07 Å². The number of allylic oxidation sites excluding steroid dienone is 2. The van der Waals surface area contributed by atoms with Gasteiger partial charge in [0.15, 0.2) is 0 Å². The van der Waals surface area contributed by atoms with Crippen LogP contribution in [0.15, 0.2) is 64.8 Å². The lowest BCUT2D eigenvalue weighted by Gasteiger charge is -2.02. The topological polar surface area (TPSA) is 0 Å². The molecule has 0 bridgehead atoms. The first kappa shape index (κ1) is 10.4. The van der Waals surface area contributed by atoms with E-state index in [1.807, 2.05) is 12.1 Å². The Bertz CT molecular complexity index is 608.